The number of hydrogen-bond acceptors (Lipinski definition) is 2. The van der Waals surface area contributed by atoms with Crippen molar-refractivity contribution in [3.05, 3.63) is 78.1 Å². The van der Waals surface area contributed by atoms with E-state index in [9.17, 15) is 4.79 Å². The third kappa shape index (κ3) is 3.72. The second-order valence-corrected chi connectivity index (χ2v) is 6.99. The lowest BCUT2D eigenvalue weighted by Gasteiger charge is -2.20. The molecule has 1 aliphatic rings. The zero-order valence-corrected chi connectivity index (χ0v) is 15.5. The Morgan fingerprint density at radius 3 is 2.56 bits per heavy atom. The summed E-state index contributed by atoms with van der Waals surface area (Å²) in [7, 11) is 0. The van der Waals surface area contributed by atoms with Gasteiger partial charge in [0.1, 0.15) is 5.82 Å². The van der Waals surface area contributed by atoms with E-state index < -0.39 is 0 Å². The molecule has 27 heavy (non-hydrogen) atoms. The summed E-state index contributed by atoms with van der Waals surface area (Å²) in [5, 5.41) is 3.03. The molecule has 0 radical (unpaired) electrons. The molecule has 5 heteroatoms. The van der Waals surface area contributed by atoms with E-state index in [0.29, 0.717) is 13.1 Å². The Labute approximate surface area is 159 Å². The van der Waals surface area contributed by atoms with Crippen LogP contribution in [0.4, 0.5) is 4.79 Å². The molecule has 0 saturated carbocycles. The molecule has 0 spiro atoms. The van der Waals surface area contributed by atoms with Crippen LogP contribution in [0, 0.1) is 6.92 Å². The van der Waals surface area contributed by atoms with Crippen LogP contribution >= 0.6 is 0 Å². The Morgan fingerprint density at radius 1 is 1.11 bits per heavy atom. The second kappa shape index (κ2) is 7.66. The maximum absolute atomic E-state index is 12.6. The molecule has 1 unspecified atom stereocenters. The molecule has 1 N–H and O–H groups in total. The highest BCUT2D eigenvalue weighted by molar-refractivity contribution is 5.74. The molecule has 2 aromatic carbocycles. The molecule has 2 amide bonds. The quantitative estimate of drug-likeness (QED) is 0.764. The lowest BCUT2D eigenvalue weighted by atomic mass is 10.2. The number of benzene rings is 2. The third-order valence-electron chi connectivity index (χ3n) is 5.12. The molecular weight excluding hydrogens is 336 g/mol. The smallest absolute Gasteiger partial charge is 0.317 e. The fraction of sp³-hybridized carbons (Fsp3) is 0.273. The van der Waals surface area contributed by atoms with Crippen molar-refractivity contribution in [1.29, 1.82) is 0 Å². The number of carbonyl (C=O) groups excluding carboxylic acids is 1. The number of nitrogens with one attached hydrogen (secondary N) is 1. The molecule has 1 fully saturated rings. The zero-order chi connectivity index (χ0) is 18.6. The Bertz CT molecular complexity index is 905. The van der Waals surface area contributed by atoms with Gasteiger partial charge >= 0.3 is 6.03 Å². The minimum absolute atomic E-state index is 0.000354. The largest absolute Gasteiger partial charge is 0.334 e. The minimum Gasteiger partial charge on any atom is -0.334 e. The van der Waals surface area contributed by atoms with Crippen molar-refractivity contribution < 1.29 is 4.79 Å². The number of amides is 2. The molecule has 3 aromatic rings. The van der Waals surface area contributed by atoms with Gasteiger partial charge in [0.2, 0.25) is 0 Å². The summed E-state index contributed by atoms with van der Waals surface area (Å²) in [4.78, 5) is 19.1. The van der Waals surface area contributed by atoms with Gasteiger partial charge < -0.3 is 14.8 Å². The number of likely N-dealkylation sites (tertiary alicyclic amines) is 1. The van der Waals surface area contributed by atoms with Crippen molar-refractivity contribution in [1.82, 2.24) is 19.8 Å². The van der Waals surface area contributed by atoms with Gasteiger partial charge in [0, 0.05) is 37.1 Å². The molecule has 1 aromatic heterocycles. The number of nitrogens with zero attached hydrogens (tertiary/aromatic N) is 3. The number of imidazole rings is 1. The highest BCUT2D eigenvalue weighted by atomic mass is 16.2. The lowest BCUT2D eigenvalue weighted by molar-refractivity contribution is 0.206. The van der Waals surface area contributed by atoms with Gasteiger partial charge in [0.05, 0.1) is 6.04 Å². The normalized spacial score (nSPS) is 16.5. The predicted octanol–water partition coefficient (Wildman–Crippen LogP) is 4.02. The number of rotatable bonds is 4. The summed E-state index contributed by atoms with van der Waals surface area (Å²) in [6.07, 6.45) is 2.86. The first kappa shape index (κ1) is 17.3. The number of aryl methyl sites for hydroxylation is 1. The van der Waals surface area contributed by atoms with E-state index >= 15 is 0 Å². The average Bonchev–Trinajstić information content (AvgIpc) is 3.34. The SMILES string of the molecule is Cc1cnc(-c2ccccc2)n1C1CCN(C(=O)NCc2ccccc2)C1. The van der Waals surface area contributed by atoms with E-state index in [-0.39, 0.29) is 12.1 Å². The van der Waals surface area contributed by atoms with Gasteiger partial charge in [0.15, 0.2) is 0 Å². The van der Waals surface area contributed by atoms with Crippen LogP contribution in [-0.4, -0.2) is 33.6 Å². The molecule has 138 valence electrons. The molecule has 1 saturated heterocycles. The molecular formula is C22H24N4O. The van der Waals surface area contributed by atoms with Crippen molar-refractivity contribution in [2.45, 2.75) is 25.9 Å². The maximum atomic E-state index is 12.6. The number of carbonyl (C=O) groups is 1. The van der Waals surface area contributed by atoms with Crippen LogP contribution < -0.4 is 5.32 Å². The second-order valence-electron chi connectivity index (χ2n) is 6.99. The fourth-order valence-electron chi connectivity index (χ4n) is 3.73. The Hall–Kier alpha value is -3.08. The molecule has 2 heterocycles. The van der Waals surface area contributed by atoms with Crippen molar-refractivity contribution in [2.24, 2.45) is 0 Å². The Morgan fingerprint density at radius 2 is 1.81 bits per heavy atom. The van der Waals surface area contributed by atoms with Crippen LogP contribution in [-0.2, 0) is 6.54 Å². The standard InChI is InChI=1S/C22H24N4O/c1-17-14-23-21(19-10-6-3-7-11-19)26(17)20-12-13-25(16-20)22(27)24-15-18-8-4-2-5-9-18/h2-11,14,20H,12-13,15-16H2,1H3,(H,24,27). The zero-order valence-electron chi connectivity index (χ0n) is 15.5. The van der Waals surface area contributed by atoms with Crippen LogP contribution in [0.5, 0.6) is 0 Å². The Balaban J connectivity index is 1.44. The summed E-state index contributed by atoms with van der Waals surface area (Å²) in [6, 6.07) is 20.5. The van der Waals surface area contributed by atoms with Crippen molar-refractivity contribution in [2.75, 3.05) is 13.1 Å². The van der Waals surface area contributed by atoms with E-state index in [4.69, 9.17) is 0 Å². The third-order valence-corrected chi connectivity index (χ3v) is 5.12. The first-order valence-corrected chi connectivity index (χ1v) is 9.38. The highest BCUT2D eigenvalue weighted by Crippen LogP contribution is 2.29. The monoisotopic (exact) mass is 360 g/mol. The number of aromatic nitrogens is 2. The summed E-state index contributed by atoms with van der Waals surface area (Å²) in [5.74, 6) is 0.977. The minimum atomic E-state index is 0.000354. The summed E-state index contributed by atoms with van der Waals surface area (Å²) >= 11 is 0. The summed E-state index contributed by atoms with van der Waals surface area (Å²) in [6.45, 7) is 4.10. The van der Waals surface area contributed by atoms with Gasteiger partial charge in [0.25, 0.3) is 0 Å². The van der Waals surface area contributed by atoms with Crippen molar-refractivity contribution in [3.63, 3.8) is 0 Å². The molecule has 1 aliphatic heterocycles. The van der Waals surface area contributed by atoms with Gasteiger partial charge in [-0.15, -0.1) is 0 Å². The van der Waals surface area contributed by atoms with Gasteiger partial charge in [-0.2, -0.15) is 0 Å². The lowest BCUT2D eigenvalue weighted by Crippen LogP contribution is -2.38. The van der Waals surface area contributed by atoms with Crippen molar-refractivity contribution >= 4 is 6.03 Å². The van der Waals surface area contributed by atoms with Crippen LogP contribution in [0.2, 0.25) is 0 Å². The van der Waals surface area contributed by atoms with E-state index in [0.717, 1.165) is 35.6 Å². The topological polar surface area (TPSA) is 50.2 Å². The molecule has 0 bridgehead atoms. The number of hydrogen-bond donors (Lipinski definition) is 1. The van der Waals surface area contributed by atoms with Crippen LogP contribution in [0.3, 0.4) is 0 Å². The first-order chi connectivity index (χ1) is 13.2. The molecule has 4 rings (SSSR count). The van der Waals surface area contributed by atoms with E-state index in [1.54, 1.807) is 0 Å². The number of urea groups is 1. The summed E-state index contributed by atoms with van der Waals surface area (Å²) in [5.41, 5.74) is 3.35. The average molecular weight is 360 g/mol. The highest BCUT2D eigenvalue weighted by Gasteiger charge is 2.29. The molecule has 1 atom stereocenters. The van der Waals surface area contributed by atoms with Crippen LogP contribution in [0.15, 0.2) is 66.9 Å². The maximum Gasteiger partial charge on any atom is 0.317 e. The van der Waals surface area contributed by atoms with Gasteiger partial charge in [-0.05, 0) is 18.9 Å². The Kier molecular flexibility index (Phi) is 4.92. The first-order valence-electron chi connectivity index (χ1n) is 9.38. The predicted molar refractivity (Wildman–Crippen MR) is 106 cm³/mol. The van der Waals surface area contributed by atoms with Gasteiger partial charge in [-0.25, -0.2) is 9.78 Å². The fourth-order valence-corrected chi connectivity index (χ4v) is 3.73. The molecule has 0 aliphatic carbocycles. The van der Waals surface area contributed by atoms with Gasteiger partial charge in [-0.1, -0.05) is 60.7 Å². The summed E-state index contributed by atoms with van der Waals surface area (Å²) < 4.78 is 2.28. The van der Waals surface area contributed by atoms with E-state index in [1.165, 1.54) is 0 Å². The van der Waals surface area contributed by atoms with Crippen LogP contribution in [0.25, 0.3) is 11.4 Å². The molecule has 5 nitrogen and oxygen atoms in total. The van der Waals surface area contributed by atoms with E-state index in [1.807, 2.05) is 59.6 Å². The van der Waals surface area contributed by atoms with Crippen molar-refractivity contribution in [3.8, 4) is 11.4 Å². The van der Waals surface area contributed by atoms with Crippen LogP contribution in [0.1, 0.15) is 23.7 Å². The van der Waals surface area contributed by atoms with E-state index in [2.05, 4.69) is 33.9 Å². The van der Waals surface area contributed by atoms with Gasteiger partial charge in [-0.3, -0.25) is 0 Å².